The number of carbonyl (C=O) groups is 2. The van der Waals surface area contributed by atoms with E-state index in [0.717, 1.165) is 48.4 Å². The van der Waals surface area contributed by atoms with Gasteiger partial charge in [-0.15, -0.1) is 10.2 Å². The lowest BCUT2D eigenvalue weighted by atomic mass is 10.1. The number of amides is 2. The third-order valence-electron chi connectivity index (χ3n) is 7.88. The van der Waals surface area contributed by atoms with Crippen LogP contribution in [-0.2, 0) is 16.1 Å². The molecule has 3 aliphatic rings. The third kappa shape index (κ3) is 6.05. The number of hydrogen-bond acceptors (Lipinski definition) is 9. The summed E-state index contributed by atoms with van der Waals surface area (Å²) < 4.78 is 21.6. The van der Waals surface area contributed by atoms with E-state index in [2.05, 4.69) is 15.1 Å². The first-order chi connectivity index (χ1) is 20.5. The largest absolute Gasteiger partial charge is 0.493 e. The van der Waals surface area contributed by atoms with Gasteiger partial charge < -0.3 is 33.6 Å². The van der Waals surface area contributed by atoms with Crippen LogP contribution < -0.4 is 23.8 Å². The fourth-order valence-corrected chi connectivity index (χ4v) is 5.36. The smallest absolute Gasteiger partial charge is 0.242 e. The van der Waals surface area contributed by atoms with Crippen LogP contribution in [0, 0.1) is 5.92 Å². The molecular weight excluding hydrogens is 538 g/mol. The molecule has 2 amide bonds. The van der Waals surface area contributed by atoms with E-state index in [1.165, 1.54) is 0 Å². The summed E-state index contributed by atoms with van der Waals surface area (Å²) >= 11 is 0. The standard InChI is InChI=1S/C31H35N5O6/c1-39-25-10-7-23(17-27(25)40-2)24-8-11-29(33-32-24)34-12-3-13-35(15-14-34)30(37)19-36(31(38)22-5-6-22)18-21-4-9-26-28(16-21)42-20-41-26/h4,7-11,16-17,22H,3,5-6,12-15,18-20H2,1-2H3. The van der Waals surface area contributed by atoms with Crippen molar-refractivity contribution in [1.82, 2.24) is 20.0 Å². The molecule has 0 radical (unpaired) electrons. The van der Waals surface area contributed by atoms with Gasteiger partial charge in [-0.1, -0.05) is 6.07 Å². The van der Waals surface area contributed by atoms with Crippen molar-refractivity contribution >= 4 is 17.6 Å². The molecule has 0 spiro atoms. The zero-order chi connectivity index (χ0) is 29.1. The molecule has 0 bridgehead atoms. The van der Waals surface area contributed by atoms with Gasteiger partial charge in [-0.3, -0.25) is 9.59 Å². The van der Waals surface area contributed by atoms with Gasteiger partial charge in [0.05, 0.1) is 19.9 Å². The van der Waals surface area contributed by atoms with Crippen molar-refractivity contribution in [2.24, 2.45) is 5.92 Å². The number of aromatic nitrogens is 2. The minimum absolute atomic E-state index is 0.0204. The van der Waals surface area contributed by atoms with Gasteiger partial charge in [-0.2, -0.15) is 0 Å². The summed E-state index contributed by atoms with van der Waals surface area (Å²) in [7, 11) is 3.21. The Hall–Kier alpha value is -4.54. The molecule has 1 aromatic heterocycles. The maximum absolute atomic E-state index is 13.5. The van der Waals surface area contributed by atoms with Crippen LogP contribution in [0.2, 0.25) is 0 Å². The molecule has 1 saturated heterocycles. The molecular formula is C31H35N5O6. The van der Waals surface area contributed by atoms with E-state index in [4.69, 9.17) is 18.9 Å². The second kappa shape index (κ2) is 12.1. The number of rotatable bonds is 9. The Morgan fingerprint density at radius 2 is 1.74 bits per heavy atom. The van der Waals surface area contributed by atoms with E-state index in [1.54, 1.807) is 19.1 Å². The lowest BCUT2D eigenvalue weighted by molar-refractivity contribution is -0.141. The molecule has 11 nitrogen and oxygen atoms in total. The van der Waals surface area contributed by atoms with Crippen molar-refractivity contribution in [2.75, 3.05) is 58.6 Å². The number of fused-ring (bicyclic) bond motifs is 1. The van der Waals surface area contributed by atoms with Crippen molar-refractivity contribution in [3.63, 3.8) is 0 Å². The molecule has 2 aliphatic heterocycles. The fourth-order valence-electron chi connectivity index (χ4n) is 5.36. The van der Waals surface area contributed by atoms with Crippen LogP contribution in [0.3, 0.4) is 0 Å². The summed E-state index contributed by atoms with van der Waals surface area (Å²) in [5.41, 5.74) is 2.53. The average molecular weight is 574 g/mol. The highest BCUT2D eigenvalue weighted by Gasteiger charge is 2.35. The van der Waals surface area contributed by atoms with Gasteiger partial charge in [0.1, 0.15) is 6.54 Å². The van der Waals surface area contributed by atoms with Gasteiger partial charge in [0.15, 0.2) is 28.8 Å². The molecule has 3 aromatic rings. The molecule has 11 heteroatoms. The summed E-state index contributed by atoms with van der Waals surface area (Å²) in [5, 5.41) is 8.94. The molecule has 6 rings (SSSR count). The molecule has 1 saturated carbocycles. The SMILES string of the molecule is COc1ccc(-c2ccc(N3CCCN(C(=O)CN(Cc4ccc5c(c4)OCO5)C(=O)C4CC4)CC3)nn2)cc1OC. The molecule has 42 heavy (non-hydrogen) atoms. The zero-order valence-corrected chi connectivity index (χ0v) is 24.0. The summed E-state index contributed by atoms with van der Waals surface area (Å²) in [5.74, 6) is 3.45. The second-order valence-electron chi connectivity index (χ2n) is 10.7. The maximum Gasteiger partial charge on any atom is 0.242 e. The lowest BCUT2D eigenvalue weighted by Gasteiger charge is -2.27. The highest BCUT2D eigenvalue weighted by atomic mass is 16.7. The predicted octanol–water partition coefficient (Wildman–Crippen LogP) is 3.37. The van der Waals surface area contributed by atoms with E-state index >= 15 is 0 Å². The van der Waals surface area contributed by atoms with Gasteiger partial charge in [0.2, 0.25) is 18.6 Å². The third-order valence-corrected chi connectivity index (χ3v) is 7.88. The van der Waals surface area contributed by atoms with Crippen molar-refractivity contribution in [2.45, 2.75) is 25.8 Å². The van der Waals surface area contributed by atoms with E-state index in [1.807, 2.05) is 53.4 Å². The minimum atomic E-state index is -0.0403. The summed E-state index contributed by atoms with van der Waals surface area (Å²) in [6.07, 6.45) is 2.56. The highest BCUT2D eigenvalue weighted by Crippen LogP contribution is 2.35. The Bertz CT molecular complexity index is 1440. The van der Waals surface area contributed by atoms with E-state index in [0.29, 0.717) is 49.2 Å². The highest BCUT2D eigenvalue weighted by molar-refractivity contribution is 5.87. The Morgan fingerprint density at radius 3 is 2.50 bits per heavy atom. The van der Waals surface area contributed by atoms with Gasteiger partial charge in [-0.05, 0) is 67.3 Å². The fraction of sp³-hybridized carbons (Fsp3) is 0.419. The first kappa shape index (κ1) is 27.6. The molecule has 0 atom stereocenters. The number of carbonyl (C=O) groups excluding carboxylic acids is 2. The van der Waals surface area contributed by atoms with Gasteiger partial charge in [0, 0.05) is 44.2 Å². The maximum atomic E-state index is 13.5. The van der Waals surface area contributed by atoms with Crippen LogP contribution in [-0.4, -0.2) is 85.5 Å². The Balaban J connectivity index is 1.08. The number of ether oxygens (including phenoxy) is 4. The zero-order valence-electron chi connectivity index (χ0n) is 24.0. The van der Waals surface area contributed by atoms with Crippen molar-refractivity contribution in [1.29, 1.82) is 0 Å². The number of nitrogens with zero attached hydrogens (tertiary/aromatic N) is 5. The van der Waals surface area contributed by atoms with Gasteiger partial charge in [0.25, 0.3) is 0 Å². The number of hydrogen-bond donors (Lipinski definition) is 0. The quantitative estimate of drug-likeness (QED) is 0.381. The Morgan fingerprint density at radius 1 is 0.905 bits per heavy atom. The molecule has 220 valence electrons. The topological polar surface area (TPSA) is 107 Å². The van der Waals surface area contributed by atoms with Crippen LogP contribution in [0.15, 0.2) is 48.5 Å². The van der Waals surface area contributed by atoms with Crippen molar-refractivity contribution in [3.8, 4) is 34.3 Å². The normalized spacial score (nSPS) is 16.1. The minimum Gasteiger partial charge on any atom is -0.493 e. The van der Waals surface area contributed by atoms with E-state index < -0.39 is 0 Å². The van der Waals surface area contributed by atoms with Crippen molar-refractivity contribution < 1.29 is 28.5 Å². The summed E-state index contributed by atoms with van der Waals surface area (Å²) in [6.45, 7) is 3.19. The Labute approximate surface area is 244 Å². The molecule has 2 fully saturated rings. The Kier molecular flexibility index (Phi) is 7.98. The molecule has 0 unspecified atom stereocenters. The van der Waals surface area contributed by atoms with Crippen LogP contribution in [0.5, 0.6) is 23.0 Å². The van der Waals surface area contributed by atoms with Crippen LogP contribution in [0.1, 0.15) is 24.8 Å². The number of benzene rings is 2. The van der Waals surface area contributed by atoms with Crippen molar-refractivity contribution in [3.05, 3.63) is 54.1 Å². The first-order valence-corrected chi connectivity index (χ1v) is 14.3. The lowest BCUT2D eigenvalue weighted by Crippen LogP contribution is -2.44. The first-order valence-electron chi connectivity index (χ1n) is 14.3. The van der Waals surface area contributed by atoms with E-state index in [-0.39, 0.29) is 31.1 Å². The molecule has 1 aliphatic carbocycles. The second-order valence-corrected chi connectivity index (χ2v) is 10.7. The van der Waals surface area contributed by atoms with E-state index in [9.17, 15) is 9.59 Å². The molecule has 3 heterocycles. The monoisotopic (exact) mass is 573 g/mol. The summed E-state index contributed by atoms with van der Waals surface area (Å²) in [4.78, 5) is 32.3. The number of anilines is 1. The predicted molar refractivity (Wildman–Crippen MR) is 155 cm³/mol. The van der Waals surface area contributed by atoms with Gasteiger partial charge in [-0.25, -0.2) is 0 Å². The summed E-state index contributed by atoms with van der Waals surface area (Å²) in [6, 6.07) is 15.2. The van der Waals surface area contributed by atoms with Crippen LogP contribution >= 0.6 is 0 Å². The van der Waals surface area contributed by atoms with Crippen LogP contribution in [0.4, 0.5) is 5.82 Å². The molecule has 0 N–H and O–H groups in total. The number of methoxy groups -OCH3 is 2. The van der Waals surface area contributed by atoms with Gasteiger partial charge >= 0.3 is 0 Å². The van der Waals surface area contributed by atoms with Crippen LogP contribution in [0.25, 0.3) is 11.3 Å². The average Bonchev–Trinajstić information content (AvgIpc) is 3.82. The molecule has 2 aromatic carbocycles.